The van der Waals surface area contributed by atoms with Crippen molar-refractivity contribution < 1.29 is 0 Å². The summed E-state index contributed by atoms with van der Waals surface area (Å²) in [4.78, 5) is 2.39. The first kappa shape index (κ1) is 31.6. The van der Waals surface area contributed by atoms with Crippen LogP contribution in [0.5, 0.6) is 0 Å². The molecular formula is C52H34N2S. The quantitative estimate of drug-likeness (QED) is 0.166. The lowest BCUT2D eigenvalue weighted by atomic mass is 9.99. The van der Waals surface area contributed by atoms with Crippen molar-refractivity contribution in [3.8, 4) is 27.9 Å². The maximum absolute atomic E-state index is 2.39. The molecule has 0 saturated heterocycles. The third-order valence-electron chi connectivity index (χ3n) is 11.0. The standard InChI is InChI=1S/C52H34N2S/c1-3-12-35(13-4-1)38-14-11-17-42(32-38)53(43-29-31-45-44-18-7-9-20-49(44)54(50(45)34-43)40-15-5-2-6-16-40)41-27-24-36(25-28-41)39-23-22-37-26-30-47-46-19-8-10-21-51(46)55-52(47)48(37)33-39/h1-34H. The fourth-order valence-corrected chi connectivity index (χ4v) is 9.57. The number of benzene rings is 9. The fraction of sp³-hybridized carbons (Fsp3) is 0. The van der Waals surface area contributed by atoms with E-state index in [0.29, 0.717) is 0 Å². The topological polar surface area (TPSA) is 8.17 Å². The van der Waals surface area contributed by atoms with Gasteiger partial charge in [-0.05, 0) is 94.4 Å². The summed E-state index contributed by atoms with van der Waals surface area (Å²) in [6.45, 7) is 0. The summed E-state index contributed by atoms with van der Waals surface area (Å²) in [5.41, 5.74) is 11.6. The van der Waals surface area contributed by atoms with Gasteiger partial charge in [-0.1, -0.05) is 140 Å². The Morgan fingerprint density at radius 1 is 0.345 bits per heavy atom. The minimum atomic E-state index is 1.10. The van der Waals surface area contributed by atoms with E-state index < -0.39 is 0 Å². The zero-order valence-electron chi connectivity index (χ0n) is 29.9. The van der Waals surface area contributed by atoms with Gasteiger partial charge in [-0.3, -0.25) is 0 Å². The van der Waals surface area contributed by atoms with Crippen LogP contribution in [-0.4, -0.2) is 4.57 Å². The smallest absolute Gasteiger partial charge is 0.0561 e. The van der Waals surface area contributed by atoms with E-state index in [4.69, 9.17) is 0 Å². The predicted molar refractivity (Wildman–Crippen MR) is 237 cm³/mol. The molecule has 0 saturated carbocycles. The molecule has 0 fully saturated rings. The molecule has 0 aliphatic carbocycles. The molecule has 2 nitrogen and oxygen atoms in total. The van der Waals surface area contributed by atoms with Crippen LogP contribution in [0.3, 0.4) is 0 Å². The maximum atomic E-state index is 2.39. The molecule has 11 rings (SSSR count). The molecule has 9 aromatic carbocycles. The molecule has 0 bridgehead atoms. The molecule has 0 aliphatic heterocycles. The van der Waals surface area contributed by atoms with E-state index in [2.05, 4.69) is 216 Å². The van der Waals surface area contributed by atoms with Gasteiger partial charge < -0.3 is 9.47 Å². The Kier molecular flexibility index (Phi) is 7.39. The Labute approximate surface area is 323 Å². The predicted octanol–water partition coefficient (Wildman–Crippen LogP) is 15.1. The summed E-state index contributed by atoms with van der Waals surface area (Å²) in [7, 11) is 0. The van der Waals surface area contributed by atoms with Crippen molar-refractivity contribution in [2.75, 3.05) is 4.90 Å². The largest absolute Gasteiger partial charge is 0.310 e. The maximum Gasteiger partial charge on any atom is 0.0561 e. The summed E-state index contributed by atoms with van der Waals surface area (Å²) in [5, 5.41) is 7.72. The number of aromatic nitrogens is 1. The first-order valence-electron chi connectivity index (χ1n) is 18.8. The molecule has 0 atom stereocenters. The number of thiophene rings is 1. The van der Waals surface area contributed by atoms with E-state index in [-0.39, 0.29) is 0 Å². The molecule has 0 aliphatic rings. The lowest BCUT2D eigenvalue weighted by molar-refractivity contribution is 1.18. The van der Waals surface area contributed by atoms with Gasteiger partial charge in [0.15, 0.2) is 0 Å². The first-order chi connectivity index (χ1) is 27.3. The Bertz CT molecular complexity index is 3190. The highest BCUT2D eigenvalue weighted by atomic mass is 32.1. The Balaban J connectivity index is 1.07. The van der Waals surface area contributed by atoms with Crippen LogP contribution in [0.25, 0.3) is 80.7 Å². The van der Waals surface area contributed by atoms with E-state index in [1.54, 1.807) is 0 Å². The SMILES string of the molecule is c1ccc(-c2cccc(N(c3ccc(-c4ccc5ccc6c7ccccc7sc6c5c4)cc3)c3ccc4c5ccccc5n(-c5ccccc5)c4c3)c2)cc1. The number of rotatable bonds is 6. The molecular weight excluding hydrogens is 685 g/mol. The normalized spacial score (nSPS) is 11.6. The minimum Gasteiger partial charge on any atom is -0.310 e. The van der Waals surface area contributed by atoms with E-state index >= 15 is 0 Å². The van der Waals surface area contributed by atoms with Crippen molar-refractivity contribution in [2.24, 2.45) is 0 Å². The third-order valence-corrected chi connectivity index (χ3v) is 12.2. The van der Waals surface area contributed by atoms with Gasteiger partial charge in [-0.2, -0.15) is 0 Å². The van der Waals surface area contributed by atoms with Crippen LogP contribution in [-0.2, 0) is 0 Å². The third kappa shape index (κ3) is 5.32. The van der Waals surface area contributed by atoms with Crippen LogP contribution in [0.15, 0.2) is 206 Å². The second-order valence-electron chi connectivity index (χ2n) is 14.2. The lowest BCUT2D eigenvalue weighted by Gasteiger charge is -2.26. The van der Waals surface area contributed by atoms with Gasteiger partial charge in [0.05, 0.1) is 11.0 Å². The van der Waals surface area contributed by atoms with Gasteiger partial charge in [-0.15, -0.1) is 11.3 Å². The average Bonchev–Trinajstić information content (AvgIpc) is 3.81. The zero-order chi connectivity index (χ0) is 36.3. The highest BCUT2D eigenvalue weighted by Gasteiger charge is 2.18. The lowest BCUT2D eigenvalue weighted by Crippen LogP contribution is -2.10. The second kappa shape index (κ2) is 12.9. The monoisotopic (exact) mass is 718 g/mol. The summed E-state index contributed by atoms with van der Waals surface area (Å²) >= 11 is 1.89. The van der Waals surface area contributed by atoms with Crippen molar-refractivity contribution in [1.29, 1.82) is 0 Å². The molecule has 11 aromatic rings. The van der Waals surface area contributed by atoms with E-state index in [1.165, 1.54) is 75.0 Å². The summed E-state index contributed by atoms with van der Waals surface area (Å²) < 4.78 is 5.08. The number of hydrogen-bond acceptors (Lipinski definition) is 2. The molecule has 0 spiro atoms. The highest BCUT2D eigenvalue weighted by Crippen LogP contribution is 2.43. The molecule has 0 amide bonds. The van der Waals surface area contributed by atoms with Crippen LogP contribution < -0.4 is 4.90 Å². The van der Waals surface area contributed by atoms with Gasteiger partial charge in [0.25, 0.3) is 0 Å². The minimum absolute atomic E-state index is 1.10. The van der Waals surface area contributed by atoms with E-state index in [1.807, 2.05) is 11.3 Å². The van der Waals surface area contributed by atoms with Crippen LogP contribution >= 0.6 is 11.3 Å². The number of fused-ring (bicyclic) bond motifs is 8. The summed E-state index contributed by atoms with van der Waals surface area (Å²) in [6.07, 6.45) is 0. The Morgan fingerprint density at radius 2 is 0.945 bits per heavy atom. The number of hydrogen-bond donors (Lipinski definition) is 0. The zero-order valence-corrected chi connectivity index (χ0v) is 30.7. The van der Waals surface area contributed by atoms with Crippen LogP contribution in [0.1, 0.15) is 0 Å². The Hall–Kier alpha value is -6.94. The molecule has 55 heavy (non-hydrogen) atoms. The molecule has 2 heterocycles. The number of para-hydroxylation sites is 2. The van der Waals surface area contributed by atoms with Crippen molar-refractivity contribution in [1.82, 2.24) is 4.57 Å². The van der Waals surface area contributed by atoms with Crippen LogP contribution in [0.4, 0.5) is 17.1 Å². The molecule has 0 unspecified atom stereocenters. The van der Waals surface area contributed by atoms with E-state index in [0.717, 1.165) is 22.7 Å². The van der Waals surface area contributed by atoms with Crippen molar-refractivity contribution in [3.05, 3.63) is 206 Å². The molecule has 0 radical (unpaired) electrons. The molecule has 258 valence electrons. The fourth-order valence-electron chi connectivity index (χ4n) is 8.34. The Morgan fingerprint density at radius 3 is 1.80 bits per heavy atom. The van der Waals surface area contributed by atoms with Crippen molar-refractivity contribution >= 4 is 81.1 Å². The van der Waals surface area contributed by atoms with Gasteiger partial charge in [-0.25, -0.2) is 0 Å². The van der Waals surface area contributed by atoms with Crippen molar-refractivity contribution in [2.45, 2.75) is 0 Å². The summed E-state index contributed by atoms with van der Waals surface area (Å²) in [6, 6.07) is 75.1. The highest BCUT2D eigenvalue weighted by molar-refractivity contribution is 7.26. The number of anilines is 3. The second-order valence-corrected chi connectivity index (χ2v) is 15.2. The van der Waals surface area contributed by atoms with E-state index in [9.17, 15) is 0 Å². The number of nitrogens with zero attached hydrogens (tertiary/aromatic N) is 2. The molecule has 3 heteroatoms. The van der Waals surface area contributed by atoms with Gasteiger partial charge in [0.1, 0.15) is 0 Å². The summed E-state index contributed by atoms with van der Waals surface area (Å²) in [5.74, 6) is 0. The van der Waals surface area contributed by atoms with Gasteiger partial charge >= 0.3 is 0 Å². The van der Waals surface area contributed by atoms with Crippen LogP contribution in [0.2, 0.25) is 0 Å². The van der Waals surface area contributed by atoms with Crippen LogP contribution in [0, 0.1) is 0 Å². The van der Waals surface area contributed by atoms with Crippen molar-refractivity contribution in [3.63, 3.8) is 0 Å². The van der Waals surface area contributed by atoms with Gasteiger partial charge in [0.2, 0.25) is 0 Å². The molecule has 2 aromatic heterocycles. The average molecular weight is 719 g/mol. The molecule has 0 N–H and O–H groups in total. The first-order valence-corrected chi connectivity index (χ1v) is 19.6. The van der Waals surface area contributed by atoms with Gasteiger partial charge in [0, 0.05) is 59.1 Å².